The van der Waals surface area contributed by atoms with E-state index in [1.165, 1.54) is 10.4 Å². The van der Waals surface area contributed by atoms with Crippen molar-refractivity contribution >= 4 is 21.6 Å². The van der Waals surface area contributed by atoms with Gasteiger partial charge in [-0.3, -0.25) is 4.79 Å². The molecule has 1 aliphatic rings. The van der Waals surface area contributed by atoms with Crippen molar-refractivity contribution in [3.63, 3.8) is 0 Å². The zero-order valence-electron chi connectivity index (χ0n) is 16.1. The summed E-state index contributed by atoms with van der Waals surface area (Å²) in [5.74, 6) is 0.629. The van der Waals surface area contributed by atoms with Crippen LogP contribution in [0, 0.1) is 6.92 Å². The molecule has 1 fully saturated rings. The van der Waals surface area contributed by atoms with Crippen LogP contribution in [0.1, 0.15) is 31.2 Å². The highest BCUT2D eigenvalue weighted by Crippen LogP contribution is 2.23. The Kier molecular flexibility index (Phi) is 6.70. The molecule has 0 saturated carbocycles. The van der Waals surface area contributed by atoms with Crippen molar-refractivity contribution in [2.24, 2.45) is 0 Å². The third kappa shape index (κ3) is 5.33. The largest absolute Gasteiger partial charge is 0.494 e. The number of ether oxygens (including phenoxy) is 1. The molecule has 7 heteroatoms. The lowest BCUT2D eigenvalue weighted by Gasteiger charge is -2.16. The number of carbonyl (C=O) groups is 1. The van der Waals surface area contributed by atoms with Gasteiger partial charge in [0, 0.05) is 25.2 Å². The molecule has 0 spiro atoms. The van der Waals surface area contributed by atoms with Crippen molar-refractivity contribution in [3.8, 4) is 5.75 Å². The van der Waals surface area contributed by atoms with Crippen molar-refractivity contribution in [1.29, 1.82) is 0 Å². The van der Waals surface area contributed by atoms with Crippen LogP contribution >= 0.6 is 0 Å². The average Bonchev–Trinajstić information content (AvgIpc) is 3.21. The summed E-state index contributed by atoms with van der Waals surface area (Å²) >= 11 is 0. The maximum atomic E-state index is 12.6. The fourth-order valence-electron chi connectivity index (χ4n) is 3.16. The normalized spacial score (nSPS) is 14.8. The summed E-state index contributed by atoms with van der Waals surface area (Å²) in [5.41, 5.74) is 1.61. The molecule has 28 heavy (non-hydrogen) atoms. The molecule has 2 aromatic carbocycles. The molecule has 0 bridgehead atoms. The average molecular weight is 403 g/mol. The van der Waals surface area contributed by atoms with E-state index in [-0.39, 0.29) is 10.8 Å². The van der Waals surface area contributed by atoms with Gasteiger partial charge >= 0.3 is 0 Å². The molecule has 1 amide bonds. The van der Waals surface area contributed by atoms with E-state index in [2.05, 4.69) is 5.32 Å². The van der Waals surface area contributed by atoms with Crippen LogP contribution in [0.3, 0.4) is 0 Å². The third-order valence-electron chi connectivity index (χ3n) is 4.63. The summed E-state index contributed by atoms with van der Waals surface area (Å²) in [7, 11) is -3.49. The maximum absolute atomic E-state index is 12.6. The van der Waals surface area contributed by atoms with Gasteiger partial charge in [-0.2, -0.15) is 4.31 Å². The first-order valence-corrected chi connectivity index (χ1v) is 11.0. The first-order chi connectivity index (χ1) is 13.4. The molecule has 0 radical (unpaired) electrons. The number of amides is 1. The Morgan fingerprint density at radius 3 is 2.61 bits per heavy atom. The van der Waals surface area contributed by atoms with Crippen molar-refractivity contribution in [3.05, 3.63) is 54.1 Å². The molecule has 2 aromatic rings. The number of nitrogens with zero attached hydrogens (tertiary/aromatic N) is 1. The van der Waals surface area contributed by atoms with E-state index in [0.717, 1.165) is 24.2 Å². The molecule has 150 valence electrons. The Hall–Kier alpha value is -2.38. The van der Waals surface area contributed by atoms with Gasteiger partial charge in [0.05, 0.1) is 11.5 Å². The Morgan fingerprint density at radius 2 is 1.86 bits per heavy atom. The number of aryl methyl sites for hydroxylation is 1. The summed E-state index contributed by atoms with van der Waals surface area (Å²) < 4.78 is 32.4. The molecular formula is C21H26N2O4S. The summed E-state index contributed by atoms with van der Waals surface area (Å²) in [6, 6.07) is 14.2. The highest BCUT2D eigenvalue weighted by molar-refractivity contribution is 7.89. The second-order valence-electron chi connectivity index (χ2n) is 6.96. The van der Waals surface area contributed by atoms with E-state index in [0.29, 0.717) is 38.2 Å². The fraction of sp³-hybridized carbons (Fsp3) is 0.381. The Bertz CT molecular complexity index is 922. The lowest BCUT2D eigenvalue weighted by atomic mass is 10.2. The lowest BCUT2D eigenvalue weighted by Crippen LogP contribution is -2.27. The number of benzene rings is 2. The van der Waals surface area contributed by atoms with Crippen LogP contribution in [-0.2, 0) is 14.8 Å². The van der Waals surface area contributed by atoms with E-state index >= 15 is 0 Å². The number of hydrogen-bond donors (Lipinski definition) is 1. The summed E-state index contributed by atoms with van der Waals surface area (Å²) in [4.78, 5) is 12.4. The first-order valence-electron chi connectivity index (χ1n) is 9.55. The molecule has 0 unspecified atom stereocenters. The van der Waals surface area contributed by atoms with Crippen LogP contribution in [0.15, 0.2) is 53.4 Å². The van der Waals surface area contributed by atoms with Crippen molar-refractivity contribution < 1.29 is 17.9 Å². The van der Waals surface area contributed by atoms with Crippen LogP contribution < -0.4 is 10.1 Å². The highest BCUT2D eigenvalue weighted by Gasteiger charge is 2.27. The minimum Gasteiger partial charge on any atom is -0.494 e. The summed E-state index contributed by atoms with van der Waals surface area (Å²) in [6.07, 6.45) is 2.65. The highest BCUT2D eigenvalue weighted by atomic mass is 32.2. The Balaban J connectivity index is 1.50. The number of hydrogen-bond acceptors (Lipinski definition) is 4. The lowest BCUT2D eigenvalue weighted by molar-refractivity contribution is -0.116. The van der Waals surface area contributed by atoms with E-state index in [1.807, 2.05) is 31.2 Å². The van der Waals surface area contributed by atoms with Crippen molar-refractivity contribution in [2.75, 3.05) is 25.0 Å². The molecule has 1 N–H and O–H groups in total. The van der Waals surface area contributed by atoms with Crippen LogP contribution in [0.2, 0.25) is 0 Å². The molecular weight excluding hydrogens is 376 g/mol. The first kappa shape index (κ1) is 20.4. The van der Waals surface area contributed by atoms with Crippen molar-refractivity contribution in [1.82, 2.24) is 4.31 Å². The van der Waals surface area contributed by atoms with E-state index < -0.39 is 10.0 Å². The molecule has 6 nitrogen and oxygen atoms in total. The maximum Gasteiger partial charge on any atom is 0.243 e. The third-order valence-corrected chi connectivity index (χ3v) is 6.52. The molecule has 1 aliphatic heterocycles. The molecule has 3 rings (SSSR count). The molecule has 1 heterocycles. The van der Waals surface area contributed by atoms with E-state index in [9.17, 15) is 13.2 Å². The van der Waals surface area contributed by atoms with E-state index in [4.69, 9.17) is 4.74 Å². The quantitative estimate of drug-likeness (QED) is 0.685. The standard InChI is InChI=1S/C21H26N2O4S/c1-17-7-4-9-19(15-17)27-14-6-11-21(24)22-18-8-5-10-20(16-18)28(25,26)23-12-2-3-13-23/h4-5,7-10,15-16H,2-3,6,11-14H2,1H3,(H,22,24). The molecule has 0 aromatic heterocycles. The number of nitrogens with one attached hydrogen (secondary N) is 1. The van der Waals surface area contributed by atoms with Gasteiger partial charge in [0.25, 0.3) is 0 Å². The molecule has 1 saturated heterocycles. The van der Waals surface area contributed by atoms with Crippen LogP contribution in [0.5, 0.6) is 5.75 Å². The number of anilines is 1. The van der Waals surface area contributed by atoms with Crippen LogP contribution in [-0.4, -0.2) is 38.3 Å². The van der Waals surface area contributed by atoms with Gasteiger partial charge in [0.15, 0.2) is 0 Å². The molecule has 0 aliphatic carbocycles. The number of carbonyl (C=O) groups excluding carboxylic acids is 1. The van der Waals surface area contributed by atoms with Gasteiger partial charge in [-0.1, -0.05) is 18.2 Å². The van der Waals surface area contributed by atoms with Crippen LogP contribution in [0.4, 0.5) is 5.69 Å². The molecule has 0 atom stereocenters. The fourth-order valence-corrected chi connectivity index (χ4v) is 4.73. The SMILES string of the molecule is Cc1cccc(OCCCC(=O)Nc2cccc(S(=O)(=O)N3CCCC3)c2)c1. The Labute approximate surface area is 166 Å². The topological polar surface area (TPSA) is 75.7 Å². The minimum absolute atomic E-state index is 0.163. The van der Waals surface area contributed by atoms with Crippen molar-refractivity contribution in [2.45, 2.75) is 37.5 Å². The van der Waals surface area contributed by atoms with Gasteiger partial charge < -0.3 is 10.1 Å². The van der Waals surface area contributed by atoms with Gasteiger partial charge in [0.2, 0.25) is 15.9 Å². The second kappa shape index (κ2) is 9.21. The number of rotatable bonds is 8. The summed E-state index contributed by atoms with van der Waals surface area (Å²) in [5, 5.41) is 2.78. The van der Waals surface area contributed by atoms with Gasteiger partial charge in [-0.05, 0) is 62.1 Å². The van der Waals surface area contributed by atoms with Crippen LogP contribution in [0.25, 0.3) is 0 Å². The predicted octanol–water partition coefficient (Wildman–Crippen LogP) is 3.58. The minimum atomic E-state index is -3.49. The zero-order chi connectivity index (χ0) is 20.0. The zero-order valence-corrected chi connectivity index (χ0v) is 16.9. The van der Waals surface area contributed by atoms with Gasteiger partial charge in [-0.15, -0.1) is 0 Å². The Morgan fingerprint density at radius 1 is 1.11 bits per heavy atom. The monoisotopic (exact) mass is 402 g/mol. The summed E-state index contributed by atoms with van der Waals surface area (Å²) in [6.45, 7) is 3.55. The predicted molar refractivity (Wildman–Crippen MR) is 109 cm³/mol. The smallest absolute Gasteiger partial charge is 0.243 e. The van der Waals surface area contributed by atoms with E-state index in [1.54, 1.807) is 18.2 Å². The number of sulfonamides is 1. The van der Waals surface area contributed by atoms with Gasteiger partial charge in [-0.25, -0.2) is 8.42 Å². The second-order valence-corrected chi connectivity index (χ2v) is 8.89. The van der Waals surface area contributed by atoms with Gasteiger partial charge in [0.1, 0.15) is 5.75 Å².